The average Bonchev–Trinajstić information content (AvgIpc) is 2.32. The molecule has 3 nitrogen and oxygen atoms in total. The summed E-state index contributed by atoms with van der Waals surface area (Å²) in [6.45, 7) is 6.54. The molecule has 5 heteroatoms. The number of hydrogen-bond donors (Lipinski definition) is 2. The lowest BCUT2D eigenvalue weighted by molar-refractivity contribution is 0.0540. The molecule has 0 saturated heterocycles. The van der Waals surface area contributed by atoms with Crippen LogP contribution in [0.15, 0.2) is 12.1 Å². The van der Waals surface area contributed by atoms with Crippen molar-refractivity contribution < 1.29 is 18.6 Å². The fourth-order valence-electron chi connectivity index (χ4n) is 1.66. The summed E-state index contributed by atoms with van der Waals surface area (Å²) in [6.07, 6.45) is 1.26. The predicted octanol–water partition coefficient (Wildman–Crippen LogP) is 3.00. The first-order valence-corrected chi connectivity index (χ1v) is 6.87. The topological polar surface area (TPSA) is 41.5 Å². The molecule has 0 aliphatic carbocycles. The molecule has 2 N–H and O–H groups in total. The van der Waals surface area contributed by atoms with Crippen LogP contribution in [-0.2, 0) is 6.54 Å². The largest absolute Gasteiger partial charge is 0.487 e. The van der Waals surface area contributed by atoms with Gasteiger partial charge in [-0.05, 0) is 44.5 Å². The van der Waals surface area contributed by atoms with E-state index < -0.39 is 17.2 Å². The fourth-order valence-corrected chi connectivity index (χ4v) is 1.66. The highest BCUT2D eigenvalue weighted by molar-refractivity contribution is 5.31. The molecular weight excluding hydrogens is 264 g/mol. The summed E-state index contributed by atoms with van der Waals surface area (Å²) in [4.78, 5) is 0. The average molecular weight is 287 g/mol. The van der Waals surface area contributed by atoms with E-state index in [2.05, 4.69) is 5.32 Å². The zero-order valence-corrected chi connectivity index (χ0v) is 12.3. The van der Waals surface area contributed by atoms with Crippen molar-refractivity contribution in [1.82, 2.24) is 5.32 Å². The minimum Gasteiger partial charge on any atom is -0.487 e. The van der Waals surface area contributed by atoms with Crippen LogP contribution in [0.2, 0.25) is 0 Å². The molecule has 1 aromatic rings. The molecular formula is C15H23F2NO2. The van der Waals surface area contributed by atoms with Crippen molar-refractivity contribution in [2.75, 3.05) is 13.2 Å². The molecule has 114 valence electrons. The highest BCUT2D eigenvalue weighted by atomic mass is 19.1. The van der Waals surface area contributed by atoms with Crippen LogP contribution in [0.3, 0.4) is 0 Å². The highest BCUT2D eigenvalue weighted by Gasteiger charge is 2.16. The molecule has 0 unspecified atom stereocenters. The summed E-state index contributed by atoms with van der Waals surface area (Å²) in [7, 11) is 0. The van der Waals surface area contributed by atoms with Gasteiger partial charge >= 0.3 is 0 Å². The Morgan fingerprint density at radius 3 is 2.35 bits per heavy atom. The van der Waals surface area contributed by atoms with E-state index in [0.29, 0.717) is 18.5 Å². The highest BCUT2D eigenvalue weighted by Crippen LogP contribution is 2.24. The van der Waals surface area contributed by atoms with Gasteiger partial charge in [-0.2, -0.15) is 0 Å². The first kappa shape index (κ1) is 16.9. The van der Waals surface area contributed by atoms with Gasteiger partial charge in [0.15, 0.2) is 17.4 Å². The van der Waals surface area contributed by atoms with Crippen LogP contribution < -0.4 is 10.1 Å². The van der Waals surface area contributed by atoms with E-state index in [9.17, 15) is 13.9 Å². The van der Waals surface area contributed by atoms with Crippen LogP contribution in [0.25, 0.3) is 0 Å². The van der Waals surface area contributed by atoms with Crippen LogP contribution in [0.5, 0.6) is 5.75 Å². The first-order chi connectivity index (χ1) is 9.33. The van der Waals surface area contributed by atoms with Crippen molar-refractivity contribution in [2.45, 2.75) is 45.8 Å². The molecule has 0 saturated carbocycles. The molecule has 0 aromatic heterocycles. The van der Waals surface area contributed by atoms with Gasteiger partial charge in [0.2, 0.25) is 0 Å². The number of benzene rings is 1. The van der Waals surface area contributed by atoms with Gasteiger partial charge in [-0.15, -0.1) is 0 Å². The minimum absolute atomic E-state index is 0.0603. The molecule has 0 fully saturated rings. The number of halogens is 2. The van der Waals surface area contributed by atoms with E-state index in [1.165, 1.54) is 12.1 Å². The van der Waals surface area contributed by atoms with Crippen LogP contribution in [0.1, 0.15) is 39.2 Å². The van der Waals surface area contributed by atoms with E-state index in [0.717, 1.165) is 13.0 Å². The van der Waals surface area contributed by atoms with Gasteiger partial charge < -0.3 is 15.2 Å². The maximum Gasteiger partial charge on any atom is 0.190 e. The SMILES string of the molecule is CCCNCc1cc(F)c(OCCC(C)(C)O)c(F)c1. The maximum atomic E-state index is 13.8. The van der Waals surface area contributed by atoms with E-state index in [1.807, 2.05) is 6.92 Å². The normalized spacial score (nSPS) is 11.7. The van der Waals surface area contributed by atoms with Gasteiger partial charge in [0.25, 0.3) is 0 Å². The second-order valence-corrected chi connectivity index (χ2v) is 5.48. The summed E-state index contributed by atoms with van der Waals surface area (Å²) in [5, 5.41) is 12.6. The van der Waals surface area contributed by atoms with E-state index in [1.54, 1.807) is 13.8 Å². The van der Waals surface area contributed by atoms with Gasteiger partial charge in [0.05, 0.1) is 12.2 Å². The van der Waals surface area contributed by atoms with E-state index in [4.69, 9.17) is 4.74 Å². The second kappa shape index (κ2) is 7.55. The zero-order chi connectivity index (χ0) is 15.2. The Morgan fingerprint density at radius 2 is 1.85 bits per heavy atom. The molecule has 0 radical (unpaired) electrons. The lowest BCUT2D eigenvalue weighted by Gasteiger charge is -2.17. The Hall–Kier alpha value is -1.20. The third-order valence-corrected chi connectivity index (χ3v) is 2.77. The fraction of sp³-hybridized carbons (Fsp3) is 0.600. The monoisotopic (exact) mass is 287 g/mol. The van der Waals surface area contributed by atoms with Crippen LogP contribution in [0, 0.1) is 11.6 Å². The van der Waals surface area contributed by atoms with Gasteiger partial charge in [-0.1, -0.05) is 6.92 Å². The van der Waals surface area contributed by atoms with Gasteiger partial charge in [0.1, 0.15) is 0 Å². The Kier molecular flexibility index (Phi) is 6.36. The molecule has 1 aromatic carbocycles. The number of rotatable bonds is 8. The predicted molar refractivity (Wildman–Crippen MR) is 74.8 cm³/mol. The van der Waals surface area contributed by atoms with Crippen molar-refractivity contribution in [3.05, 3.63) is 29.3 Å². The first-order valence-electron chi connectivity index (χ1n) is 6.87. The standard InChI is InChI=1S/C15H23F2NO2/c1-4-6-18-10-11-8-12(16)14(13(17)9-11)20-7-5-15(2,3)19/h8-9,18-19H,4-7,10H2,1-3H3. The van der Waals surface area contributed by atoms with Gasteiger partial charge in [0, 0.05) is 13.0 Å². The van der Waals surface area contributed by atoms with Gasteiger partial charge in [-0.3, -0.25) is 0 Å². The third kappa shape index (κ3) is 5.84. The lowest BCUT2D eigenvalue weighted by atomic mass is 10.1. The molecule has 0 spiro atoms. The molecule has 0 amide bonds. The van der Waals surface area contributed by atoms with Crippen LogP contribution in [-0.4, -0.2) is 23.9 Å². The molecule has 20 heavy (non-hydrogen) atoms. The number of aliphatic hydroxyl groups is 1. The molecule has 1 rings (SSSR count). The number of hydrogen-bond acceptors (Lipinski definition) is 3. The number of nitrogens with one attached hydrogen (secondary N) is 1. The molecule has 0 atom stereocenters. The molecule has 0 heterocycles. The summed E-state index contributed by atoms with van der Waals surface area (Å²) >= 11 is 0. The Bertz CT molecular complexity index is 407. The van der Waals surface area contributed by atoms with Crippen molar-refractivity contribution >= 4 is 0 Å². The van der Waals surface area contributed by atoms with Crippen molar-refractivity contribution in [3.63, 3.8) is 0 Å². The zero-order valence-electron chi connectivity index (χ0n) is 12.3. The summed E-state index contributed by atoms with van der Waals surface area (Å²) < 4.78 is 32.7. The quantitative estimate of drug-likeness (QED) is 0.722. The lowest BCUT2D eigenvalue weighted by Crippen LogP contribution is -2.22. The third-order valence-electron chi connectivity index (χ3n) is 2.77. The van der Waals surface area contributed by atoms with Crippen molar-refractivity contribution in [3.8, 4) is 5.75 Å². The smallest absolute Gasteiger partial charge is 0.190 e. The van der Waals surface area contributed by atoms with Crippen LogP contribution in [0.4, 0.5) is 8.78 Å². The molecule has 0 bridgehead atoms. The summed E-state index contributed by atoms with van der Waals surface area (Å²) in [5.41, 5.74) is -0.375. The summed E-state index contributed by atoms with van der Waals surface area (Å²) in [6, 6.07) is 2.54. The van der Waals surface area contributed by atoms with Crippen LogP contribution >= 0.6 is 0 Å². The van der Waals surface area contributed by atoms with Gasteiger partial charge in [-0.25, -0.2) is 8.78 Å². The summed E-state index contributed by atoms with van der Waals surface area (Å²) in [5.74, 6) is -1.81. The van der Waals surface area contributed by atoms with Crippen molar-refractivity contribution in [1.29, 1.82) is 0 Å². The van der Waals surface area contributed by atoms with Crippen molar-refractivity contribution in [2.24, 2.45) is 0 Å². The second-order valence-electron chi connectivity index (χ2n) is 5.48. The molecule has 0 aliphatic rings. The minimum atomic E-state index is -0.920. The van der Waals surface area contributed by atoms with E-state index >= 15 is 0 Å². The Labute approximate surface area is 119 Å². The number of ether oxygens (including phenoxy) is 1. The Morgan fingerprint density at radius 1 is 1.25 bits per heavy atom. The van der Waals surface area contributed by atoms with E-state index in [-0.39, 0.29) is 12.4 Å². The Balaban J connectivity index is 2.64. The maximum absolute atomic E-state index is 13.8. The molecule has 0 aliphatic heterocycles.